The molecule has 204 valence electrons. The summed E-state index contributed by atoms with van der Waals surface area (Å²) in [6, 6.07) is 5.26. The molecule has 2 amide bonds. The maximum absolute atomic E-state index is 12.8. The summed E-state index contributed by atoms with van der Waals surface area (Å²) in [4.78, 5) is 60.2. The van der Waals surface area contributed by atoms with Crippen LogP contribution in [0.4, 0.5) is 0 Å². The van der Waals surface area contributed by atoms with Crippen LogP contribution in [0, 0.1) is 0 Å². The summed E-state index contributed by atoms with van der Waals surface area (Å²) in [6.45, 7) is 6.84. The van der Waals surface area contributed by atoms with Gasteiger partial charge in [0, 0.05) is 34.2 Å². The highest BCUT2D eigenvalue weighted by Gasteiger charge is 2.52. The minimum Gasteiger partial charge on any atom is -0.463 e. The molecular formula is C25H34N2O10. The first-order valence-electron chi connectivity index (χ1n) is 12.0. The number of para-hydroxylation sites is 1. The van der Waals surface area contributed by atoms with Crippen molar-refractivity contribution >= 4 is 29.7 Å². The van der Waals surface area contributed by atoms with Crippen LogP contribution in [0.15, 0.2) is 24.3 Å². The lowest BCUT2D eigenvalue weighted by Gasteiger charge is -2.44. The number of nitrogens with one attached hydrogen (secondary N) is 2. The average molecular weight is 523 g/mol. The second-order valence-electron chi connectivity index (χ2n) is 8.44. The molecule has 0 bridgehead atoms. The number of esters is 3. The summed E-state index contributed by atoms with van der Waals surface area (Å²) >= 11 is 0. The fraction of sp³-hybridized carbons (Fsp3) is 0.560. The van der Waals surface area contributed by atoms with Crippen molar-refractivity contribution in [2.45, 2.75) is 78.1 Å². The molecule has 12 heteroatoms. The molecular weight excluding hydrogens is 488 g/mol. The molecule has 2 N–H and O–H groups in total. The minimum atomic E-state index is -1.33. The van der Waals surface area contributed by atoms with Gasteiger partial charge in [-0.3, -0.25) is 24.0 Å². The number of hydrogen-bond acceptors (Lipinski definition) is 10. The lowest BCUT2D eigenvalue weighted by Crippen LogP contribution is -2.67. The SMILES string of the molecule is CCCCNC(=O)c1ccccc1O[C@@H]1O[C@H](COC(C)=O)[C@@H](OC(C)=O)[C@H](OC(C)=O)[C@H]1NC(C)=O. The molecule has 1 aliphatic rings. The van der Waals surface area contributed by atoms with Crippen molar-refractivity contribution in [2.75, 3.05) is 13.2 Å². The van der Waals surface area contributed by atoms with E-state index in [2.05, 4.69) is 10.6 Å². The van der Waals surface area contributed by atoms with Gasteiger partial charge in [-0.15, -0.1) is 0 Å². The van der Waals surface area contributed by atoms with Crippen molar-refractivity contribution in [3.05, 3.63) is 29.8 Å². The Morgan fingerprint density at radius 3 is 2.16 bits per heavy atom. The Balaban J connectivity index is 2.47. The number of amides is 2. The molecule has 1 fully saturated rings. The maximum Gasteiger partial charge on any atom is 0.303 e. The zero-order valence-electron chi connectivity index (χ0n) is 21.6. The Morgan fingerprint density at radius 2 is 1.57 bits per heavy atom. The van der Waals surface area contributed by atoms with Crippen LogP contribution in [0.3, 0.4) is 0 Å². The second-order valence-corrected chi connectivity index (χ2v) is 8.44. The first-order valence-corrected chi connectivity index (χ1v) is 12.0. The van der Waals surface area contributed by atoms with Gasteiger partial charge in [-0.05, 0) is 18.6 Å². The lowest BCUT2D eigenvalue weighted by molar-refractivity contribution is -0.257. The van der Waals surface area contributed by atoms with Crippen LogP contribution >= 0.6 is 0 Å². The zero-order chi connectivity index (χ0) is 27.5. The van der Waals surface area contributed by atoms with Crippen LogP contribution in [-0.2, 0) is 38.1 Å². The highest BCUT2D eigenvalue weighted by Crippen LogP contribution is 2.30. The van der Waals surface area contributed by atoms with Crippen molar-refractivity contribution in [3.63, 3.8) is 0 Å². The summed E-state index contributed by atoms with van der Waals surface area (Å²) in [5.41, 5.74) is 0.214. The minimum absolute atomic E-state index is 0.135. The maximum atomic E-state index is 12.8. The molecule has 0 aromatic heterocycles. The molecule has 1 aliphatic heterocycles. The first kappa shape index (κ1) is 29.6. The van der Waals surface area contributed by atoms with Crippen molar-refractivity contribution in [1.82, 2.24) is 10.6 Å². The number of carbonyl (C=O) groups excluding carboxylic acids is 5. The van der Waals surface area contributed by atoms with E-state index in [1.54, 1.807) is 24.3 Å². The molecule has 2 rings (SSSR count). The van der Waals surface area contributed by atoms with Gasteiger partial charge in [0.2, 0.25) is 12.2 Å². The van der Waals surface area contributed by atoms with Gasteiger partial charge in [0.25, 0.3) is 5.91 Å². The number of rotatable bonds is 11. The van der Waals surface area contributed by atoms with Gasteiger partial charge in [-0.1, -0.05) is 25.5 Å². The molecule has 0 spiro atoms. The highest BCUT2D eigenvalue weighted by molar-refractivity contribution is 5.96. The van der Waals surface area contributed by atoms with Gasteiger partial charge in [0.1, 0.15) is 24.5 Å². The van der Waals surface area contributed by atoms with Crippen LogP contribution in [-0.4, -0.2) is 73.5 Å². The molecule has 1 heterocycles. The van der Waals surface area contributed by atoms with E-state index < -0.39 is 54.5 Å². The molecule has 0 aliphatic carbocycles. The number of ether oxygens (including phenoxy) is 5. The molecule has 1 saturated heterocycles. The summed E-state index contributed by atoms with van der Waals surface area (Å²) in [6.07, 6.45) is -3.27. The number of unbranched alkanes of at least 4 members (excludes halogenated alkanes) is 1. The van der Waals surface area contributed by atoms with Gasteiger partial charge >= 0.3 is 17.9 Å². The summed E-state index contributed by atoms with van der Waals surface area (Å²) in [5.74, 6) is -2.80. The average Bonchev–Trinajstić information content (AvgIpc) is 2.81. The number of carbonyl (C=O) groups is 5. The Hall–Kier alpha value is -3.67. The standard InChI is InChI=1S/C25H34N2O10/c1-6-7-12-26-24(32)18-10-8-9-11-19(18)36-25-21(27-14(2)28)23(35-17(5)31)22(34-16(4)30)20(37-25)13-33-15(3)29/h8-11,20-23,25H,6-7,12-13H2,1-5H3,(H,26,32)(H,27,28)/t20-,21-,22-,23-,25-/m1/s1. The topological polar surface area (TPSA) is 156 Å². The Kier molecular flexibility index (Phi) is 11.3. The lowest BCUT2D eigenvalue weighted by atomic mass is 9.96. The predicted molar refractivity (Wildman–Crippen MR) is 128 cm³/mol. The smallest absolute Gasteiger partial charge is 0.303 e. The van der Waals surface area contributed by atoms with Gasteiger partial charge in [-0.2, -0.15) is 0 Å². The Morgan fingerprint density at radius 1 is 0.919 bits per heavy atom. The highest BCUT2D eigenvalue weighted by atomic mass is 16.7. The molecule has 5 atom stereocenters. The summed E-state index contributed by atoms with van der Waals surface area (Å²) in [7, 11) is 0. The molecule has 37 heavy (non-hydrogen) atoms. The van der Waals surface area contributed by atoms with E-state index in [1.807, 2.05) is 6.92 Å². The Labute approximate surface area is 215 Å². The van der Waals surface area contributed by atoms with Gasteiger partial charge in [-0.25, -0.2) is 0 Å². The van der Waals surface area contributed by atoms with Crippen LogP contribution in [0.25, 0.3) is 0 Å². The fourth-order valence-electron chi connectivity index (χ4n) is 3.75. The van der Waals surface area contributed by atoms with E-state index >= 15 is 0 Å². The monoisotopic (exact) mass is 522 g/mol. The van der Waals surface area contributed by atoms with E-state index in [4.69, 9.17) is 23.7 Å². The molecule has 1 aromatic rings. The van der Waals surface area contributed by atoms with Crippen LogP contribution < -0.4 is 15.4 Å². The number of hydrogen-bond donors (Lipinski definition) is 2. The second kappa shape index (κ2) is 14.2. The molecule has 12 nitrogen and oxygen atoms in total. The third-order valence-electron chi connectivity index (χ3n) is 5.26. The molecule has 0 saturated carbocycles. The van der Waals surface area contributed by atoms with Crippen molar-refractivity contribution in [1.29, 1.82) is 0 Å². The number of benzene rings is 1. The van der Waals surface area contributed by atoms with Crippen molar-refractivity contribution in [2.24, 2.45) is 0 Å². The summed E-state index contributed by atoms with van der Waals surface area (Å²) < 4.78 is 28.0. The quantitative estimate of drug-likeness (QED) is 0.246. The summed E-state index contributed by atoms with van der Waals surface area (Å²) in [5, 5.41) is 5.43. The largest absolute Gasteiger partial charge is 0.463 e. The Bertz CT molecular complexity index is 982. The van der Waals surface area contributed by atoms with Crippen molar-refractivity contribution < 1.29 is 47.7 Å². The fourth-order valence-corrected chi connectivity index (χ4v) is 3.75. The molecule has 0 radical (unpaired) electrons. The van der Waals surface area contributed by atoms with E-state index in [1.165, 1.54) is 13.8 Å². The third-order valence-corrected chi connectivity index (χ3v) is 5.26. The third kappa shape index (κ3) is 9.05. The van der Waals surface area contributed by atoms with Gasteiger partial charge < -0.3 is 34.3 Å². The molecule has 0 unspecified atom stereocenters. The predicted octanol–water partition coefficient (Wildman–Crippen LogP) is 1.25. The molecule has 1 aromatic carbocycles. The van der Waals surface area contributed by atoms with Gasteiger partial charge in [0.15, 0.2) is 12.2 Å². The van der Waals surface area contributed by atoms with Gasteiger partial charge in [0.05, 0.1) is 5.56 Å². The zero-order valence-corrected chi connectivity index (χ0v) is 21.6. The van der Waals surface area contributed by atoms with Crippen LogP contribution in [0.1, 0.15) is 57.8 Å². The van der Waals surface area contributed by atoms with Crippen molar-refractivity contribution in [3.8, 4) is 5.75 Å². The first-order chi connectivity index (χ1) is 17.5. The van der Waals surface area contributed by atoms with E-state index in [0.29, 0.717) is 6.54 Å². The van der Waals surface area contributed by atoms with E-state index in [-0.39, 0.29) is 23.8 Å². The van der Waals surface area contributed by atoms with E-state index in [0.717, 1.165) is 26.7 Å². The van der Waals surface area contributed by atoms with Crippen LogP contribution in [0.2, 0.25) is 0 Å². The van der Waals surface area contributed by atoms with Crippen LogP contribution in [0.5, 0.6) is 5.75 Å². The normalized spacial score (nSPS) is 22.8. The van der Waals surface area contributed by atoms with E-state index in [9.17, 15) is 24.0 Å².